The molecule has 4 aromatic carbocycles. The minimum atomic E-state index is -0.328. The fourth-order valence-corrected chi connectivity index (χ4v) is 20.6. The van der Waals surface area contributed by atoms with E-state index in [1.54, 1.807) is 91.4 Å². The summed E-state index contributed by atoms with van der Waals surface area (Å²) in [5.74, 6) is 3.39. The predicted molar refractivity (Wildman–Crippen MR) is 545 cm³/mol. The summed E-state index contributed by atoms with van der Waals surface area (Å²) in [5.41, 5.74) is 3.80. The number of para-hydroxylation sites is 4. The van der Waals surface area contributed by atoms with E-state index in [4.69, 9.17) is 33.2 Å². The maximum atomic E-state index is 12.4. The summed E-state index contributed by atoms with van der Waals surface area (Å²) in [6, 6.07) is 30.9. The van der Waals surface area contributed by atoms with Crippen LogP contribution in [0.15, 0.2) is 97.1 Å². The largest absolute Gasteiger partial charge is 0.497 e. The van der Waals surface area contributed by atoms with Gasteiger partial charge in [0.2, 0.25) is 37.2 Å². The van der Waals surface area contributed by atoms with Gasteiger partial charge in [0, 0.05) is 104 Å². The number of nitrogens with zero attached hydrogens (tertiary/aromatic N) is 16. The van der Waals surface area contributed by atoms with Crippen molar-refractivity contribution in [3.63, 3.8) is 0 Å². The first-order valence-electron chi connectivity index (χ1n) is 46.1. The Morgan fingerprint density at radius 3 is 1.04 bits per heavy atom. The molecule has 0 fully saturated rings. The Morgan fingerprint density at radius 1 is 0.305 bits per heavy atom. The van der Waals surface area contributed by atoms with Gasteiger partial charge in [-0.1, -0.05) is 124 Å². The third-order valence-electron chi connectivity index (χ3n) is 20.0. The molecule has 0 bridgehead atoms. The van der Waals surface area contributed by atoms with Crippen molar-refractivity contribution in [2.45, 2.75) is 213 Å². The molecule has 12 rings (SSSR count). The normalized spacial score (nSPS) is 10.8. The Hall–Kier alpha value is -12.0. The molecule has 8 heterocycles. The van der Waals surface area contributed by atoms with Crippen molar-refractivity contribution in [3.05, 3.63) is 179 Å². The van der Waals surface area contributed by atoms with E-state index in [-0.39, 0.29) is 104 Å². The van der Waals surface area contributed by atoms with E-state index in [1.807, 2.05) is 42.5 Å². The number of esters is 2. The quantitative estimate of drug-likeness (QED) is 0.0175. The zero-order chi connectivity index (χ0) is 101. The van der Waals surface area contributed by atoms with Gasteiger partial charge in [0.15, 0.2) is 35.4 Å². The standard InChI is InChI=1S/C32H39N5O3S2.C27H29N5O6S2.C23H33N5O6S2.C12H16N6O2S3/c1-3-23-14-16-24(17-15-23)8-6-10-26(38)22-31-36-34-29(41-31)12-4-5-13-30-35-37-32(42-30)33-28(39)11-7-9-25-18-20-27(40-2)21-19-25;1-35-19-9-3-5-11-21(19)37-16-18(33)15-26-31-29-24(39-26)13-7-8-14-25-30-32-27(40-25)28-23(34)17-38-22-12-6-4-10-20(22)36-2;1-3-33-21(31)13-7-9-16(29)15-20-27-25-18(35-20)11-5-6-12-19-26-28-23(36-19)24-17(30)10-8-14-22(32)34-4-2;1-13-9(19)11-17-15-7(22-11)3-5-21-6-4-8-16-18-12(23-8)10(20)14-2/h14-21H,3-13,22H2,1-2H3,(H,33,37,39);3-6,9-12H,7-8,13-17H2,1-2H3,(H,28,32,34);3-15H2,1-2H3,(H,24,28,30);3-6H2,1-2H3,(H,13,19)(H,14,20). The fourth-order valence-electron chi connectivity index (χ4n) is 12.8. The molecule has 0 aliphatic heterocycles. The van der Waals surface area contributed by atoms with Gasteiger partial charge < -0.3 is 54.4 Å². The second-order valence-corrected chi connectivity index (χ2v) is 40.9. The summed E-state index contributed by atoms with van der Waals surface area (Å²) >= 11 is 12.9. The number of amides is 5. The van der Waals surface area contributed by atoms with Crippen molar-refractivity contribution in [2.24, 2.45) is 0 Å². The fraction of sp³-hybridized carbons (Fsp3) is 0.468. The summed E-state index contributed by atoms with van der Waals surface area (Å²) in [6.45, 7) is 6.11. The SMILES string of the molecule is CCOC(=O)CCCC(=O)Cc1nnc(CCCCc2nnc(NC(=O)CCCC(=O)OCC)s2)s1.CCc1ccc(CCCC(=O)Cc2nnc(CCCCc3nnc(NC(=O)CCCc4ccc(OC)cc4)s3)s2)cc1.CNC(=O)c1nnc(CCSCCc2nnc(C(=O)NC)s2)s1.COc1ccccc1OCC(=O)Cc1nnc(CCCCc2nnc(NC(=O)COc3ccccc3OC)s2)s1. The third kappa shape index (κ3) is 44.0. The van der Waals surface area contributed by atoms with Crippen LogP contribution < -0.4 is 50.3 Å². The Balaban J connectivity index is 0.000000214. The lowest BCUT2D eigenvalue weighted by Crippen LogP contribution is -2.20. The van der Waals surface area contributed by atoms with Crippen LogP contribution in [-0.4, -0.2) is 214 Å². The van der Waals surface area contributed by atoms with Crippen molar-refractivity contribution in [3.8, 4) is 28.7 Å². The lowest BCUT2D eigenvalue weighted by Gasteiger charge is -2.09. The third-order valence-corrected chi connectivity index (χ3v) is 28.6. The van der Waals surface area contributed by atoms with Crippen LogP contribution in [0.2, 0.25) is 0 Å². The number of aryl methyl sites for hydroxylation is 11. The van der Waals surface area contributed by atoms with Gasteiger partial charge in [-0.25, -0.2) is 0 Å². The van der Waals surface area contributed by atoms with Crippen LogP contribution in [0.5, 0.6) is 28.7 Å². The summed E-state index contributed by atoms with van der Waals surface area (Å²) < 4.78 is 36.4. The first-order chi connectivity index (χ1) is 68.6. The van der Waals surface area contributed by atoms with Crippen molar-refractivity contribution < 1.29 is 81.1 Å². The zero-order valence-corrected chi connectivity index (χ0v) is 87.3. The number of hydrogen-bond acceptors (Lipinski definition) is 42. The molecule has 0 aliphatic rings. The zero-order valence-electron chi connectivity index (χ0n) is 80.0. The molecular formula is C94H117N21O17S9. The number of carbonyl (C=O) groups is 10. The molecule has 0 unspecified atom stereocenters. The second kappa shape index (κ2) is 64.4. The average molecular weight is 2100 g/mol. The van der Waals surface area contributed by atoms with Crippen molar-refractivity contribution >= 4 is 177 Å². The number of ketones is 3. The number of nitrogens with one attached hydrogen (secondary N) is 5. The monoisotopic (exact) mass is 2100 g/mol. The summed E-state index contributed by atoms with van der Waals surface area (Å²) in [6.07, 6.45) is 19.7. The molecule has 0 aliphatic carbocycles. The van der Waals surface area contributed by atoms with Crippen molar-refractivity contribution in [2.75, 3.05) is 89.3 Å². The van der Waals surface area contributed by atoms with Crippen LogP contribution in [0, 0.1) is 0 Å². The van der Waals surface area contributed by atoms with Gasteiger partial charge in [-0.3, -0.25) is 53.3 Å². The molecule has 0 saturated carbocycles. The molecule has 0 atom stereocenters. The van der Waals surface area contributed by atoms with Crippen LogP contribution in [0.4, 0.5) is 15.4 Å². The number of anilines is 3. The highest BCUT2D eigenvalue weighted by atomic mass is 32.2. The highest BCUT2D eigenvalue weighted by molar-refractivity contribution is 7.99. The van der Waals surface area contributed by atoms with Crippen LogP contribution in [0.1, 0.15) is 215 Å². The van der Waals surface area contributed by atoms with Crippen molar-refractivity contribution in [1.82, 2.24) is 92.2 Å². The Kier molecular flexibility index (Phi) is 51.5. The van der Waals surface area contributed by atoms with Crippen LogP contribution in [0.25, 0.3) is 0 Å². The summed E-state index contributed by atoms with van der Waals surface area (Å²) in [4.78, 5) is 119. The molecule has 12 aromatic rings. The maximum Gasteiger partial charge on any atom is 0.305 e. The highest BCUT2D eigenvalue weighted by Gasteiger charge is 2.21. The van der Waals surface area contributed by atoms with Gasteiger partial charge in [-0.15, -0.1) is 116 Å². The maximum absolute atomic E-state index is 12.4. The minimum Gasteiger partial charge on any atom is -0.497 e. The van der Waals surface area contributed by atoms with Gasteiger partial charge in [0.1, 0.15) is 79.0 Å². The predicted octanol–water partition coefficient (Wildman–Crippen LogP) is 14.9. The number of rotatable bonds is 60. The number of Topliss-reactive ketones (excluding diaryl/α,β-unsaturated/α-hetero) is 3. The Morgan fingerprint density at radius 2 is 0.638 bits per heavy atom. The molecule has 0 spiro atoms. The molecule has 38 nitrogen and oxygen atoms in total. The lowest BCUT2D eigenvalue weighted by molar-refractivity contribution is -0.144. The minimum absolute atomic E-state index is 0.0418. The highest BCUT2D eigenvalue weighted by Crippen LogP contribution is 2.30. The number of aromatic nitrogens is 16. The van der Waals surface area contributed by atoms with E-state index in [2.05, 4.69) is 139 Å². The number of benzene rings is 4. The van der Waals surface area contributed by atoms with E-state index < -0.39 is 0 Å². The molecule has 47 heteroatoms. The van der Waals surface area contributed by atoms with Gasteiger partial charge in [-0.05, 0) is 162 Å². The van der Waals surface area contributed by atoms with Gasteiger partial charge in [0.05, 0.1) is 53.8 Å². The van der Waals surface area contributed by atoms with E-state index >= 15 is 0 Å². The summed E-state index contributed by atoms with van der Waals surface area (Å²) in [7, 11) is 7.89. The second-order valence-electron chi connectivity index (χ2n) is 30.9. The van der Waals surface area contributed by atoms with Crippen LogP contribution >= 0.6 is 102 Å². The first kappa shape index (κ1) is 113. The van der Waals surface area contributed by atoms with E-state index in [0.29, 0.717) is 110 Å². The van der Waals surface area contributed by atoms with Crippen LogP contribution in [-0.2, 0) is 138 Å². The number of carbonyl (C=O) groups excluding carboxylic acids is 10. The van der Waals surface area contributed by atoms with Gasteiger partial charge >= 0.3 is 11.9 Å². The topological polar surface area (TPSA) is 502 Å². The number of unbranched alkanes of at least 4 members (excludes halogenated alkanes) is 3. The Labute approximate surface area is 853 Å². The van der Waals surface area contributed by atoms with Crippen LogP contribution in [0.3, 0.4) is 0 Å². The molecular weight excluding hydrogens is 1980 g/mol. The number of thioether (sulfide) groups is 1. The lowest BCUT2D eigenvalue weighted by atomic mass is 10.0. The first-order valence-corrected chi connectivity index (χ1v) is 53.8. The number of hydrogen-bond donors (Lipinski definition) is 5. The van der Waals surface area contributed by atoms with Gasteiger partial charge in [0.25, 0.3) is 17.7 Å². The molecule has 5 amide bonds. The molecule has 0 saturated heterocycles. The summed E-state index contributed by atoms with van der Waals surface area (Å²) in [5, 5.41) is 90.3. The molecule has 754 valence electrons. The number of methoxy groups -OCH3 is 3. The van der Waals surface area contributed by atoms with E-state index in [9.17, 15) is 47.9 Å². The molecule has 141 heavy (non-hydrogen) atoms. The van der Waals surface area contributed by atoms with Crippen molar-refractivity contribution in [1.29, 1.82) is 0 Å². The van der Waals surface area contributed by atoms with Gasteiger partial charge in [-0.2, -0.15) is 11.8 Å². The van der Waals surface area contributed by atoms with E-state index in [1.165, 1.54) is 107 Å². The molecule has 8 aromatic heterocycles. The van der Waals surface area contributed by atoms with E-state index in [0.717, 1.165) is 184 Å². The molecule has 0 radical (unpaired) electrons. The number of ether oxygens (including phenoxy) is 7. The Bertz CT molecular complexity index is 5500. The average Bonchev–Trinajstić information content (AvgIpc) is 1.83. The molecule has 5 N–H and O–H groups in total. The smallest absolute Gasteiger partial charge is 0.305 e.